The van der Waals surface area contributed by atoms with Crippen LogP contribution in [0, 0.1) is 0 Å². The van der Waals surface area contributed by atoms with Crippen LogP contribution in [0.1, 0.15) is 36.5 Å². The maximum atomic E-state index is 12.5. The van der Waals surface area contributed by atoms with Crippen LogP contribution in [0.2, 0.25) is 0 Å². The smallest absolute Gasteiger partial charge is 0.221 e. The van der Waals surface area contributed by atoms with Crippen molar-refractivity contribution in [3.8, 4) is 0 Å². The molecular formula is C21H21N3O2S. The van der Waals surface area contributed by atoms with Crippen molar-refractivity contribution in [1.29, 1.82) is 0 Å². The van der Waals surface area contributed by atoms with E-state index in [0.717, 1.165) is 34.6 Å². The van der Waals surface area contributed by atoms with Gasteiger partial charge in [0.1, 0.15) is 10.9 Å². The molecule has 0 bridgehead atoms. The molecule has 0 fully saturated rings. The van der Waals surface area contributed by atoms with E-state index in [0.29, 0.717) is 17.0 Å². The lowest BCUT2D eigenvalue weighted by Gasteiger charge is -2.08. The summed E-state index contributed by atoms with van der Waals surface area (Å²) in [5.74, 6) is 0.995. The average Bonchev–Trinajstić information content (AvgIpc) is 2.66. The maximum absolute atomic E-state index is 12.5. The highest BCUT2D eigenvalue weighted by atomic mass is 32.2. The highest BCUT2D eigenvalue weighted by molar-refractivity contribution is 8.00. The predicted octanol–water partition coefficient (Wildman–Crippen LogP) is 4.52. The summed E-state index contributed by atoms with van der Waals surface area (Å²) in [7, 11) is 0. The fourth-order valence-electron chi connectivity index (χ4n) is 2.70. The molecule has 0 saturated carbocycles. The lowest BCUT2D eigenvalue weighted by molar-refractivity contribution is -0.114. The van der Waals surface area contributed by atoms with Gasteiger partial charge < -0.3 is 5.32 Å². The van der Waals surface area contributed by atoms with E-state index in [-0.39, 0.29) is 11.7 Å². The minimum absolute atomic E-state index is 0.0223. The minimum atomic E-state index is -0.136. The van der Waals surface area contributed by atoms with Crippen LogP contribution in [0.4, 0.5) is 5.69 Å². The average molecular weight is 379 g/mol. The molecule has 0 atom stereocenters. The van der Waals surface area contributed by atoms with Crippen molar-refractivity contribution in [2.45, 2.75) is 31.7 Å². The third-order valence-electron chi connectivity index (χ3n) is 3.96. The first-order chi connectivity index (χ1) is 13.1. The summed E-state index contributed by atoms with van der Waals surface area (Å²) in [6.07, 6.45) is 1.79. The van der Waals surface area contributed by atoms with E-state index in [1.165, 1.54) is 18.7 Å². The van der Waals surface area contributed by atoms with Gasteiger partial charge in [0.05, 0.1) is 11.3 Å². The second-order valence-electron chi connectivity index (χ2n) is 6.18. The summed E-state index contributed by atoms with van der Waals surface area (Å²) in [4.78, 5) is 32.9. The van der Waals surface area contributed by atoms with Crippen LogP contribution >= 0.6 is 11.8 Å². The number of anilines is 1. The van der Waals surface area contributed by atoms with Crippen LogP contribution in [-0.2, 0) is 11.2 Å². The standard InChI is InChI=1S/C21H21N3O2S/c1-3-6-20-23-18-8-5-4-7-17(18)21(24-20)27-13-19(26)15-9-11-16(12-10-15)22-14(2)25/h4-5,7-12H,3,6,13H2,1-2H3,(H,22,25). The van der Waals surface area contributed by atoms with Crippen LogP contribution in [0.3, 0.4) is 0 Å². The third kappa shape index (κ3) is 4.92. The number of rotatable bonds is 7. The van der Waals surface area contributed by atoms with Gasteiger partial charge in [0.15, 0.2) is 5.78 Å². The summed E-state index contributed by atoms with van der Waals surface area (Å²) in [5.41, 5.74) is 2.20. The van der Waals surface area contributed by atoms with Crippen molar-refractivity contribution in [2.24, 2.45) is 0 Å². The Balaban J connectivity index is 1.75. The van der Waals surface area contributed by atoms with Crippen molar-refractivity contribution >= 4 is 40.0 Å². The van der Waals surface area contributed by atoms with Crippen molar-refractivity contribution in [1.82, 2.24) is 9.97 Å². The first-order valence-electron chi connectivity index (χ1n) is 8.86. The fourth-order valence-corrected chi connectivity index (χ4v) is 3.63. The first kappa shape index (κ1) is 19.0. The number of Topliss-reactive ketones (excluding diaryl/α,β-unsaturated/α-hetero) is 1. The van der Waals surface area contributed by atoms with Gasteiger partial charge in [-0.1, -0.05) is 36.9 Å². The molecule has 27 heavy (non-hydrogen) atoms. The zero-order valence-electron chi connectivity index (χ0n) is 15.4. The van der Waals surface area contributed by atoms with Gasteiger partial charge in [-0.15, -0.1) is 0 Å². The SMILES string of the molecule is CCCc1nc(SCC(=O)c2ccc(NC(C)=O)cc2)c2ccccc2n1. The molecule has 1 aromatic heterocycles. The summed E-state index contributed by atoms with van der Waals surface area (Å²) in [6.45, 7) is 3.55. The van der Waals surface area contributed by atoms with Crippen molar-refractivity contribution in [2.75, 3.05) is 11.1 Å². The van der Waals surface area contributed by atoms with E-state index in [2.05, 4.69) is 22.2 Å². The zero-order valence-corrected chi connectivity index (χ0v) is 16.2. The Hall–Kier alpha value is -2.73. The number of thioether (sulfide) groups is 1. The Labute approximate surface area is 162 Å². The van der Waals surface area contributed by atoms with Gasteiger partial charge in [-0.05, 0) is 36.8 Å². The van der Waals surface area contributed by atoms with Gasteiger partial charge in [0.25, 0.3) is 0 Å². The molecule has 0 unspecified atom stereocenters. The van der Waals surface area contributed by atoms with Crippen LogP contribution < -0.4 is 5.32 Å². The summed E-state index contributed by atoms with van der Waals surface area (Å²) < 4.78 is 0. The van der Waals surface area contributed by atoms with Gasteiger partial charge in [-0.25, -0.2) is 9.97 Å². The summed E-state index contributed by atoms with van der Waals surface area (Å²) in [5, 5.41) is 4.50. The highest BCUT2D eigenvalue weighted by Crippen LogP contribution is 2.26. The van der Waals surface area contributed by atoms with Gasteiger partial charge >= 0.3 is 0 Å². The van der Waals surface area contributed by atoms with E-state index in [4.69, 9.17) is 0 Å². The van der Waals surface area contributed by atoms with Crippen LogP contribution in [0.25, 0.3) is 10.9 Å². The fraction of sp³-hybridized carbons (Fsp3) is 0.238. The van der Waals surface area contributed by atoms with Gasteiger partial charge in [0.2, 0.25) is 5.91 Å². The van der Waals surface area contributed by atoms with Gasteiger partial charge in [0, 0.05) is 30.0 Å². The van der Waals surface area contributed by atoms with Crippen molar-refractivity contribution < 1.29 is 9.59 Å². The number of fused-ring (bicyclic) bond motifs is 1. The van der Waals surface area contributed by atoms with Crippen molar-refractivity contribution in [3.05, 3.63) is 59.9 Å². The Morgan fingerprint density at radius 2 is 1.78 bits per heavy atom. The number of carbonyl (C=O) groups is 2. The zero-order chi connectivity index (χ0) is 19.2. The van der Waals surface area contributed by atoms with Gasteiger partial charge in [-0.2, -0.15) is 0 Å². The number of carbonyl (C=O) groups excluding carboxylic acids is 2. The molecule has 138 valence electrons. The number of aryl methyl sites for hydroxylation is 1. The number of hydrogen-bond donors (Lipinski definition) is 1. The van der Waals surface area contributed by atoms with E-state index < -0.39 is 0 Å². The normalized spacial score (nSPS) is 10.7. The molecule has 3 rings (SSSR count). The molecule has 6 heteroatoms. The quantitative estimate of drug-likeness (QED) is 0.371. The molecule has 0 radical (unpaired) electrons. The molecule has 3 aromatic rings. The molecule has 1 N–H and O–H groups in total. The molecule has 5 nitrogen and oxygen atoms in total. The summed E-state index contributed by atoms with van der Waals surface area (Å²) in [6, 6.07) is 14.8. The van der Waals surface area contributed by atoms with Gasteiger partial charge in [-0.3, -0.25) is 9.59 Å². The molecule has 2 aromatic carbocycles. The van der Waals surface area contributed by atoms with E-state index >= 15 is 0 Å². The topological polar surface area (TPSA) is 72.0 Å². The molecule has 0 saturated heterocycles. The first-order valence-corrected chi connectivity index (χ1v) is 9.84. The number of benzene rings is 2. The highest BCUT2D eigenvalue weighted by Gasteiger charge is 2.12. The van der Waals surface area contributed by atoms with E-state index in [1.54, 1.807) is 24.3 Å². The minimum Gasteiger partial charge on any atom is -0.326 e. The summed E-state index contributed by atoms with van der Waals surface area (Å²) >= 11 is 1.44. The Morgan fingerprint density at radius 1 is 1.04 bits per heavy atom. The number of nitrogens with zero attached hydrogens (tertiary/aromatic N) is 2. The molecule has 1 heterocycles. The van der Waals surface area contributed by atoms with Crippen LogP contribution in [0.5, 0.6) is 0 Å². The maximum Gasteiger partial charge on any atom is 0.221 e. The third-order valence-corrected chi connectivity index (χ3v) is 4.95. The number of ketones is 1. The molecule has 0 aliphatic rings. The molecule has 0 aliphatic heterocycles. The second kappa shape index (κ2) is 8.77. The van der Waals surface area contributed by atoms with E-state index in [1.807, 2.05) is 24.3 Å². The number of aromatic nitrogens is 2. The largest absolute Gasteiger partial charge is 0.326 e. The molecule has 0 aliphatic carbocycles. The molecule has 0 spiro atoms. The lowest BCUT2D eigenvalue weighted by atomic mass is 10.1. The lowest BCUT2D eigenvalue weighted by Crippen LogP contribution is -2.07. The number of amides is 1. The van der Waals surface area contributed by atoms with E-state index in [9.17, 15) is 9.59 Å². The van der Waals surface area contributed by atoms with Crippen LogP contribution in [-0.4, -0.2) is 27.4 Å². The van der Waals surface area contributed by atoms with Crippen molar-refractivity contribution in [3.63, 3.8) is 0 Å². The predicted molar refractivity (Wildman–Crippen MR) is 109 cm³/mol. The Kier molecular flexibility index (Phi) is 6.19. The number of para-hydroxylation sites is 1. The Morgan fingerprint density at radius 3 is 2.48 bits per heavy atom. The van der Waals surface area contributed by atoms with Crippen LogP contribution in [0.15, 0.2) is 53.6 Å². The number of nitrogens with one attached hydrogen (secondary N) is 1. The second-order valence-corrected chi connectivity index (χ2v) is 7.15. The molecular weight excluding hydrogens is 358 g/mol. The Bertz CT molecular complexity index is 971. The monoisotopic (exact) mass is 379 g/mol. The number of hydrogen-bond acceptors (Lipinski definition) is 5. The molecule has 1 amide bonds.